The lowest BCUT2D eigenvalue weighted by Crippen LogP contribution is -2.41. The molecule has 4 aromatic rings. The molecule has 2 aliphatic heterocycles. The molecule has 1 aromatic heterocycles. The summed E-state index contributed by atoms with van der Waals surface area (Å²) in [7, 11) is 3.38. The van der Waals surface area contributed by atoms with Crippen LogP contribution < -0.4 is 23.5 Å². The van der Waals surface area contributed by atoms with Crippen molar-refractivity contribution in [1.29, 1.82) is 0 Å². The molecule has 6 rings (SSSR count). The van der Waals surface area contributed by atoms with E-state index >= 15 is 0 Å². The summed E-state index contributed by atoms with van der Waals surface area (Å²) in [5.74, 6) is 3.17. The summed E-state index contributed by atoms with van der Waals surface area (Å²) in [4.78, 5) is 0. The first-order valence-corrected chi connectivity index (χ1v) is 10.8. The minimum Gasteiger partial charge on any atom is -0.493 e. The van der Waals surface area contributed by atoms with Crippen LogP contribution in [-0.2, 0) is 19.4 Å². The molecule has 3 aromatic carbocycles. The Morgan fingerprint density at radius 3 is 2.50 bits per heavy atom. The molecule has 5 nitrogen and oxygen atoms in total. The van der Waals surface area contributed by atoms with Crippen molar-refractivity contribution in [2.24, 2.45) is 0 Å². The third-order valence-corrected chi connectivity index (χ3v) is 6.47. The fourth-order valence-electron chi connectivity index (χ4n) is 4.99. The molecule has 0 saturated carbocycles. The van der Waals surface area contributed by atoms with Gasteiger partial charge < -0.3 is 18.9 Å². The average molecular weight is 426 g/mol. The van der Waals surface area contributed by atoms with Crippen molar-refractivity contribution >= 4 is 10.8 Å². The summed E-state index contributed by atoms with van der Waals surface area (Å²) in [5, 5.41) is 2.23. The number of fused-ring (bicyclic) bond motifs is 5. The minimum absolute atomic E-state index is 0.282. The Balaban J connectivity index is 1.67. The number of benzene rings is 3. The van der Waals surface area contributed by atoms with Gasteiger partial charge in [-0.1, -0.05) is 30.3 Å². The molecular weight excluding hydrogens is 402 g/mol. The number of hydrogen-bond donors (Lipinski definition) is 0. The van der Waals surface area contributed by atoms with Crippen LogP contribution in [0, 0.1) is 0 Å². The van der Waals surface area contributed by atoms with E-state index in [0.29, 0.717) is 0 Å². The first kappa shape index (κ1) is 19.0. The lowest BCUT2D eigenvalue weighted by molar-refractivity contribution is -0.686. The van der Waals surface area contributed by atoms with E-state index in [1.807, 2.05) is 6.07 Å². The highest BCUT2D eigenvalue weighted by atomic mass is 16.7. The number of rotatable bonds is 4. The van der Waals surface area contributed by atoms with Crippen molar-refractivity contribution in [3.63, 3.8) is 0 Å². The Labute approximate surface area is 186 Å². The monoisotopic (exact) mass is 426 g/mol. The van der Waals surface area contributed by atoms with Gasteiger partial charge in [0.2, 0.25) is 12.5 Å². The molecule has 0 bridgehead atoms. The maximum atomic E-state index is 5.80. The summed E-state index contributed by atoms with van der Waals surface area (Å²) in [5.41, 5.74) is 6.28. The molecule has 0 spiro atoms. The highest BCUT2D eigenvalue weighted by Crippen LogP contribution is 2.44. The van der Waals surface area contributed by atoms with Crippen molar-refractivity contribution in [3.05, 3.63) is 77.5 Å². The van der Waals surface area contributed by atoms with E-state index < -0.39 is 0 Å². The molecular formula is C27H24NO4+. The lowest BCUT2D eigenvalue weighted by Gasteiger charge is -2.21. The van der Waals surface area contributed by atoms with E-state index in [1.54, 1.807) is 14.2 Å². The van der Waals surface area contributed by atoms with Crippen LogP contribution in [0.5, 0.6) is 23.0 Å². The van der Waals surface area contributed by atoms with Gasteiger partial charge in [0, 0.05) is 23.8 Å². The Bertz CT molecular complexity index is 1350. The molecule has 3 heterocycles. The number of pyridine rings is 1. The quantitative estimate of drug-likeness (QED) is 0.444. The number of ether oxygens (including phenoxy) is 4. The number of nitrogens with zero attached hydrogens (tertiary/aromatic N) is 1. The topological polar surface area (TPSA) is 40.8 Å². The van der Waals surface area contributed by atoms with Gasteiger partial charge in [-0.3, -0.25) is 0 Å². The van der Waals surface area contributed by atoms with Crippen LogP contribution >= 0.6 is 0 Å². The molecule has 0 fully saturated rings. The molecule has 0 atom stereocenters. The molecule has 160 valence electrons. The number of hydrogen-bond acceptors (Lipinski definition) is 4. The predicted molar refractivity (Wildman–Crippen MR) is 122 cm³/mol. The van der Waals surface area contributed by atoms with E-state index in [-0.39, 0.29) is 6.79 Å². The van der Waals surface area contributed by atoms with Crippen molar-refractivity contribution in [3.8, 4) is 34.3 Å². The summed E-state index contributed by atoms with van der Waals surface area (Å²) in [6.45, 7) is 1.17. The third-order valence-electron chi connectivity index (χ3n) is 6.47. The van der Waals surface area contributed by atoms with Gasteiger partial charge in [0.25, 0.3) is 0 Å². The first-order chi connectivity index (χ1) is 15.8. The first-order valence-electron chi connectivity index (χ1n) is 10.8. The maximum absolute atomic E-state index is 5.80. The van der Waals surface area contributed by atoms with E-state index in [0.717, 1.165) is 47.8 Å². The fourth-order valence-corrected chi connectivity index (χ4v) is 4.99. The highest BCUT2D eigenvalue weighted by Gasteiger charge is 2.32. The van der Waals surface area contributed by atoms with Crippen molar-refractivity contribution in [2.45, 2.75) is 19.4 Å². The van der Waals surface area contributed by atoms with E-state index in [2.05, 4.69) is 59.3 Å². The van der Waals surface area contributed by atoms with E-state index in [4.69, 9.17) is 18.9 Å². The van der Waals surface area contributed by atoms with Crippen LogP contribution in [0.4, 0.5) is 0 Å². The number of aryl methyl sites for hydroxylation is 2. The smallest absolute Gasteiger partial charge is 0.231 e. The van der Waals surface area contributed by atoms with Crippen LogP contribution in [0.2, 0.25) is 0 Å². The van der Waals surface area contributed by atoms with Crippen LogP contribution in [0.25, 0.3) is 22.0 Å². The molecule has 5 heteroatoms. The van der Waals surface area contributed by atoms with E-state index in [9.17, 15) is 0 Å². The number of methoxy groups -OCH3 is 2. The fraction of sp³-hybridized carbons (Fsp3) is 0.222. The van der Waals surface area contributed by atoms with Gasteiger partial charge in [0.1, 0.15) is 0 Å². The van der Waals surface area contributed by atoms with E-state index in [1.165, 1.54) is 33.3 Å². The predicted octanol–water partition coefficient (Wildman–Crippen LogP) is 4.69. The standard InChI is InChI=1S/C27H24NO4/c1-29-23-9-8-19-21(12-17-6-4-3-5-7-17)26-20-14-25-24(31-16-32-25)13-18(20)10-11-28(26)15-22(19)27(23)30-2/h3-9,13-15H,10-12,16H2,1-2H3/q+1. The largest absolute Gasteiger partial charge is 0.493 e. The van der Waals surface area contributed by atoms with Gasteiger partial charge in [-0.05, 0) is 35.4 Å². The second kappa shape index (κ2) is 7.45. The van der Waals surface area contributed by atoms with Crippen LogP contribution in [0.1, 0.15) is 16.7 Å². The average Bonchev–Trinajstić information content (AvgIpc) is 3.29. The lowest BCUT2D eigenvalue weighted by atomic mass is 9.88. The third kappa shape index (κ3) is 2.88. The van der Waals surface area contributed by atoms with Gasteiger partial charge in [-0.25, -0.2) is 0 Å². The molecule has 0 amide bonds. The highest BCUT2D eigenvalue weighted by molar-refractivity contribution is 5.95. The maximum Gasteiger partial charge on any atom is 0.231 e. The van der Waals surface area contributed by atoms with Gasteiger partial charge in [0.15, 0.2) is 35.7 Å². The molecule has 32 heavy (non-hydrogen) atoms. The zero-order valence-electron chi connectivity index (χ0n) is 18.2. The zero-order chi connectivity index (χ0) is 21.7. The summed E-state index contributed by atoms with van der Waals surface area (Å²) < 4.78 is 25.1. The second-order valence-corrected chi connectivity index (χ2v) is 8.19. The molecule has 2 aliphatic rings. The SMILES string of the molecule is COc1ccc2c(Cc3ccccc3)c3[n+](cc2c1OC)CCc1cc2c(cc1-3)OCO2. The minimum atomic E-state index is 0.282. The number of aromatic nitrogens is 1. The Hall–Kier alpha value is -3.73. The molecule has 0 N–H and O–H groups in total. The molecule has 0 saturated heterocycles. The Kier molecular flexibility index (Phi) is 4.42. The van der Waals surface area contributed by atoms with Crippen molar-refractivity contribution in [1.82, 2.24) is 0 Å². The zero-order valence-corrected chi connectivity index (χ0v) is 18.2. The summed E-state index contributed by atoms with van der Waals surface area (Å²) in [6, 6.07) is 19.0. The van der Waals surface area contributed by atoms with Gasteiger partial charge >= 0.3 is 0 Å². The Morgan fingerprint density at radius 2 is 1.72 bits per heavy atom. The van der Waals surface area contributed by atoms with Gasteiger partial charge in [0.05, 0.1) is 25.2 Å². The van der Waals surface area contributed by atoms with Crippen molar-refractivity contribution < 1.29 is 23.5 Å². The van der Waals surface area contributed by atoms with Crippen LogP contribution in [-0.4, -0.2) is 21.0 Å². The van der Waals surface area contributed by atoms with Crippen LogP contribution in [0.3, 0.4) is 0 Å². The summed E-state index contributed by atoms with van der Waals surface area (Å²) >= 11 is 0. The molecule has 0 radical (unpaired) electrons. The van der Waals surface area contributed by atoms with Gasteiger partial charge in [-0.2, -0.15) is 4.57 Å². The Morgan fingerprint density at radius 1 is 0.906 bits per heavy atom. The van der Waals surface area contributed by atoms with Gasteiger partial charge in [-0.15, -0.1) is 0 Å². The molecule has 0 aliphatic carbocycles. The normalized spacial score (nSPS) is 13.6. The van der Waals surface area contributed by atoms with Crippen molar-refractivity contribution in [2.75, 3.05) is 21.0 Å². The van der Waals surface area contributed by atoms with Crippen LogP contribution in [0.15, 0.2) is 60.8 Å². The molecule has 0 unspecified atom stereocenters. The second-order valence-electron chi connectivity index (χ2n) is 8.19. The summed E-state index contributed by atoms with van der Waals surface area (Å²) in [6.07, 6.45) is 3.96.